The molecule has 0 saturated carbocycles. The van der Waals surface area contributed by atoms with Gasteiger partial charge < -0.3 is 9.47 Å². The molecule has 2 aromatic carbocycles. The van der Waals surface area contributed by atoms with E-state index in [9.17, 15) is 13.2 Å². The van der Waals surface area contributed by atoms with Crippen LogP contribution in [-0.2, 0) is 19.5 Å². The molecular weight excluding hydrogens is 524 g/mol. The van der Waals surface area contributed by atoms with Crippen molar-refractivity contribution in [1.29, 1.82) is 0 Å². The smallest absolute Gasteiger partial charge is 0.260 e. The molecule has 0 atom stereocenters. The summed E-state index contributed by atoms with van der Waals surface area (Å²) in [7, 11) is -3.63. The number of fused-ring (bicyclic) bond motifs is 1. The Morgan fingerprint density at radius 3 is 2.34 bits per heavy atom. The summed E-state index contributed by atoms with van der Waals surface area (Å²) in [6, 6.07) is 10.5. The van der Waals surface area contributed by atoms with E-state index in [1.807, 2.05) is 6.92 Å². The van der Waals surface area contributed by atoms with Gasteiger partial charge in [0.2, 0.25) is 10.0 Å². The lowest BCUT2D eigenvalue weighted by molar-refractivity contribution is 0.0376. The van der Waals surface area contributed by atoms with Crippen LogP contribution in [0, 0.1) is 13.8 Å². The minimum atomic E-state index is -3.63. The fourth-order valence-electron chi connectivity index (χ4n) is 4.90. The number of sulfonamides is 1. The van der Waals surface area contributed by atoms with E-state index in [-0.39, 0.29) is 10.8 Å². The van der Waals surface area contributed by atoms with E-state index in [1.54, 1.807) is 17.0 Å². The van der Waals surface area contributed by atoms with E-state index >= 15 is 0 Å². The second kappa shape index (κ2) is 11.8. The highest BCUT2D eigenvalue weighted by Crippen LogP contribution is 2.33. The normalized spacial score (nSPS) is 17.6. The Bertz CT molecular complexity index is 1380. The molecule has 9 nitrogen and oxygen atoms in total. The maximum atomic E-state index is 13.8. The molecule has 1 aromatic heterocycles. The first-order chi connectivity index (χ1) is 18.3. The van der Waals surface area contributed by atoms with Crippen LogP contribution in [0.15, 0.2) is 41.3 Å². The lowest BCUT2D eigenvalue weighted by Gasteiger charge is -2.28. The molecule has 204 valence electrons. The number of morpholine rings is 2. The summed E-state index contributed by atoms with van der Waals surface area (Å²) in [5.41, 5.74) is 3.59. The average molecular weight is 559 g/mol. The van der Waals surface area contributed by atoms with Gasteiger partial charge >= 0.3 is 0 Å². The van der Waals surface area contributed by atoms with Crippen LogP contribution >= 0.6 is 11.3 Å². The number of hydrogen-bond donors (Lipinski definition) is 0. The third kappa shape index (κ3) is 5.93. The van der Waals surface area contributed by atoms with Crippen LogP contribution in [0.4, 0.5) is 5.13 Å². The summed E-state index contributed by atoms with van der Waals surface area (Å²) in [6.07, 6.45) is 0.795. The van der Waals surface area contributed by atoms with Crippen molar-refractivity contribution < 1.29 is 22.7 Å². The minimum Gasteiger partial charge on any atom is -0.379 e. The molecule has 38 heavy (non-hydrogen) atoms. The van der Waals surface area contributed by atoms with Gasteiger partial charge in [0.15, 0.2) is 5.13 Å². The first-order valence-corrected chi connectivity index (χ1v) is 15.3. The number of hydrogen-bond acceptors (Lipinski definition) is 8. The number of amides is 1. The number of aromatic nitrogens is 1. The van der Waals surface area contributed by atoms with Crippen molar-refractivity contribution in [3.05, 3.63) is 53.1 Å². The first-order valence-electron chi connectivity index (χ1n) is 13.0. The highest BCUT2D eigenvalue weighted by atomic mass is 32.2. The fourth-order valence-corrected chi connectivity index (χ4v) is 7.47. The summed E-state index contributed by atoms with van der Waals surface area (Å²) in [5, 5.41) is 0.658. The quantitative estimate of drug-likeness (QED) is 0.419. The molecule has 3 heterocycles. The number of carbonyl (C=O) groups is 1. The second-order valence-corrected chi connectivity index (χ2v) is 12.7. The maximum absolute atomic E-state index is 13.8. The van der Waals surface area contributed by atoms with E-state index in [0.717, 1.165) is 60.6 Å². The molecule has 11 heteroatoms. The van der Waals surface area contributed by atoms with Gasteiger partial charge in [-0.25, -0.2) is 13.4 Å². The van der Waals surface area contributed by atoms with Crippen molar-refractivity contribution in [3.63, 3.8) is 0 Å². The van der Waals surface area contributed by atoms with Crippen LogP contribution in [0.25, 0.3) is 10.2 Å². The highest BCUT2D eigenvalue weighted by molar-refractivity contribution is 7.89. The lowest BCUT2D eigenvalue weighted by Crippen LogP contribution is -2.40. The van der Waals surface area contributed by atoms with Crippen molar-refractivity contribution in [2.45, 2.75) is 25.2 Å². The summed E-state index contributed by atoms with van der Waals surface area (Å²) < 4.78 is 39.3. The van der Waals surface area contributed by atoms with Gasteiger partial charge in [-0.3, -0.25) is 14.6 Å². The number of thiazole rings is 1. The van der Waals surface area contributed by atoms with Gasteiger partial charge in [0.05, 0.1) is 41.5 Å². The molecule has 2 fully saturated rings. The van der Waals surface area contributed by atoms with E-state index in [0.29, 0.717) is 43.5 Å². The zero-order chi connectivity index (χ0) is 26.7. The van der Waals surface area contributed by atoms with Gasteiger partial charge in [0.1, 0.15) is 0 Å². The number of ether oxygens (including phenoxy) is 2. The summed E-state index contributed by atoms with van der Waals surface area (Å²) >= 11 is 1.51. The van der Waals surface area contributed by atoms with Gasteiger partial charge in [-0.2, -0.15) is 4.31 Å². The molecule has 2 saturated heterocycles. The standard InChI is InChI=1S/C27H34N4O5S2/c1-20-18-21(2)25-24(19-20)37-27(28-25)31(9-3-8-29-10-14-35-15-11-29)26(32)22-4-6-23(7-5-22)38(33,34)30-12-16-36-17-13-30/h4-7,18-19H,3,8-17H2,1-2H3. The van der Waals surface area contributed by atoms with Gasteiger partial charge in [0.25, 0.3) is 5.91 Å². The van der Waals surface area contributed by atoms with Crippen molar-refractivity contribution in [3.8, 4) is 0 Å². The Hall–Kier alpha value is -2.41. The van der Waals surface area contributed by atoms with Crippen LogP contribution in [0.5, 0.6) is 0 Å². The lowest BCUT2D eigenvalue weighted by atomic mass is 10.1. The Morgan fingerprint density at radius 1 is 1.00 bits per heavy atom. The van der Waals surface area contributed by atoms with Crippen molar-refractivity contribution in [2.75, 3.05) is 70.6 Å². The zero-order valence-corrected chi connectivity index (χ0v) is 23.5. The zero-order valence-electron chi connectivity index (χ0n) is 21.9. The van der Waals surface area contributed by atoms with E-state index in [2.05, 4.69) is 24.0 Å². The molecular formula is C27H34N4O5S2. The molecule has 0 spiro atoms. The van der Waals surface area contributed by atoms with Gasteiger partial charge in [-0.15, -0.1) is 0 Å². The average Bonchev–Trinajstić information content (AvgIpc) is 3.36. The Kier molecular flexibility index (Phi) is 8.41. The van der Waals surface area contributed by atoms with E-state index < -0.39 is 10.0 Å². The van der Waals surface area contributed by atoms with Gasteiger partial charge in [-0.05, 0) is 61.7 Å². The van der Waals surface area contributed by atoms with Crippen LogP contribution in [0.2, 0.25) is 0 Å². The van der Waals surface area contributed by atoms with Crippen molar-refractivity contribution >= 4 is 42.6 Å². The molecule has 2 aliphatic heterocycles. The van der Waals surface area contributed by atoms with Crippen LogP contribution in [-0.4, -0.2) is 94.2 Å². The third-order valence-corrected chi connectivity index (χ3v) is 9.90. The second-order valence-electron chi connectivity index (χ2n) is 9.73. The Morgan fingerprint density at radius 2 is 1.66 bits per heavy atom. The predicted molar refractivity (Wildman–Crippen MR) is 149 cm³/mol. The number of nitrogens with zero attached hydrogens (tertiary/aromatic N) is 4. The molecule has 0 radical (unpaired) electrons. The minimum absolute atomic E-state index is 0.181. The molecule has 1 amide bonds. The molecule has 0 N–H and O–H groups in total. The van der Waals surface area contributed by atoms with Crippen molar-refractivity contribution in [1.82, 2.24) is 14.2 Å². The van der Waals surface area contributed by atoms with Crippen LogP contribution in [0.1, 0.15) is 27.9 Å². The summed E-state index contributed by atoms with van der Waals surface area (Å²) in [6.45, 7) is 10.2. The topological polar surface area (TPSA) is 92.3 Å². The number of aryl methyl sites for hydroxylation is 2. The fraction of sp³-hybridized carbons (Fsp3) is 0.481. The number of benzene rings is 2. The first kappa shape index (κ1) is 27.2. The number of anilines is 1. The largest absolute Gasteiger partial charge is 0.379 e. The van der Waals surface area contributed by atoms with E-state index in [1.165, 1.54) is 27.8 Å². The molecule has 0 bridgehead atoms. The number of rotatable bonds is 8. The van der Waals surface area contributed by atoms with Gasteiger partial charge in [0, 0.05) is 44.8 Å². The third-order valence-electron chi connectivity index (χ3n) is 6.96. The molecule has 0 aliphatic carbocycles. The molecule has 2 aliphatic rings. The maximum Gasteiger partial charge on any atom is 0.260 e. The monoisotopic (exact) mass is 558 g/mol. The highest BCUT2D eigenvalue weighted by Gasteiger charge is 2.27. The number of carbonyl (C=O) groups excluding carboxylic acids is 1. The van der Waals surface area contributed by atoms with Crippen LogP contribution < -0.4 is 4.90 Å². The Balaban J connectivity index is 1.39. The van der Waals surface area contributed by atoms with Crippen LogP contribution in [0.3, 0.4) is 0 Å². The predicted octanol–water partition coefficient (Wildman–Crippen LogP) is 3.30. The van der Waals surface area contributed by atoms with Gasteiger partial charge in [-0.1, -0.05) is 17.4 Å². The molecule has 3 aromatic rings. The molecule has 5 rings (SSSR count). The Labute approximate surface area is 228 Å². The SMILES string of the molecule is Cc1cc(C)c2nc(N(CCCN3CCOCC3)C(=O)c3ccc(S(=O)(=O)N4CCOCC4)cc3)sc2c1. The van der Waals surface area contributed by atoms with E-state index in [4.69, 9.17) is 14.5 Å². The molecule has 0 unspecified atom stereocenters. The summed E-state index contributed by atoms with van der Waals surface area (Å²) in [5.74, 6) is -0.185. The summed E-state index contributed by atoms with van der Waals surface area (Å²) in [4.78, 5) is 22.9. The van der Waals surface area contributed by atoms with Crippen molar-refractivity contribution in [2.24, 2.45) is 0 Å².